The van der Waals surface area contributed by atoms with Crippen molar-refractivity contribution in [2.75, 3.05) is 6.61 Å². The first-order chi connectivity index (χ1) is 4.68. The molecule has 0 unspecified atom stereocenters. The van der Waals surface area contributed by atoms with E-state index < -0.39 is 11.8 Å². The molecule has 54 valence electrons. The topological polar surface area (TPSA) is 67.2 Å². The number of Topliss-reactive ketones (excluding diaryl/α,β-unsaturated/α-hetero) is 1. The molecular weight excluding hydrogens is 134 g/mol. The summed E-state index contributed by atoms with van der Waals surface area (Å²) in [4.78, 5) is 20.5. The molecule has 0 aromatic heterocycles. The van der Waals surface area contributed by atoms with Crippen LogP contribution in [0.25, 0.3) is 0 Å². The molecule has 0 aliphatic rings. The second kappa shape index (κ2) is 4.50. The molecule has 0 aliphatic heterocycles. The lowest BCUT2D eigenvalue weighted by molar-refractivity contribution is -0.152. The molecule has 0 rings (SSSR count). The Labute approximate surface area is 58.4 Å². The highest BCUT2D eigenvalue weighted by molar-refractivity contribution is 6.32. The van der Waals surface area contributed by atoms with Gasteiger partial charge in [-0.05, 0) is 0 Å². The molecule has 0 heterocycles. The summed E-state index contributed by atoms with van der Waals surface area (Å²) >= 11 is 0. The molecule has 0 spiro atoms. The van der Waals surface area contributed by atoms with E-state index >= 15 is 0 Å². The van der Waals surface area contributed by atoms with Crippen LogP contribution in [0.5, 0.6) is 0 Å². The zero-order chi connectivity index (χ0) is 7.98. The molecule has 0 radical (unpaired) electrons. The van der Waals surface area contributed by atoms with Crippen LogP contribution in [0.15, 0.2) is 0 Å². The molecule has 0 bridgehead atoms. The number of ketones is 1. The summed E-state index contributed by atoms with van der Waals surface area (Å²) in [6, 6.07) is 1.77. The van der Waals surface area contributed by atoms with Gasteiger partial charge in [0.15, 0.2) is 0 Å². The SMILES string of the molecule is CC(=O)C(=O)OCCC#N. The smallest absolute Gasteiger partial charge is 0.374 e. The number of nitrogens with zero attached hydrogens (tertiary/aromatic N) is 1. The van der Waals surface area contributed by atoms with Crippen molar-refractivity contribution >= 4 is 11.8 Å². The van der Waals surface area contributed by atoms with E-state index in [9.17, 15) is 9.59 Å². The van der Waals surface area contributed by atoms with E-state index in [-0.39, 0.29) is 13.0 Å². The van der Waals surface area contributed by atoms with Gasteiger partial charge in [-0.25, -0.2) is 4.79 Å². The van der Waals surface area contributed by atoms with Crippen molar-refractivity contribution in [3.8, 4) is 6.07 Å². The summed E-state index contributed by atoms with van der Waals surface area (Å²) in [6.07, 6.45) is 0.124. The third kappa shape index (κ3) is 3.61. The Kier molecular flexibility index (Phi) is 3.89. The van der Waals surface area contributed by atoms with Crippen LogP contribution in [0.2, 0.25) is 0 Å². The predicted molar refractivity (Wildman–Crippen MR) is 31.9 cm³/mol. The van der Waals surface area contributed by atoms with E-state index in [1.165, 1.54) is 0 Å². The number of ether oxygens (including phenoxy) is 1. The molecule has 0 aliphatic carbocycles. The highest BCUT2D eigenvalue weighted by atomic mass is 16.5. The van der Waals surface area contributed by atoms with Crippen molar-refractivity contribution in [2.24, 2.45) is 0 Å². The molecule has 0 N–H and O–H groups in total. The Balaban J connectivity index is 3.43. The Bertz CT molecular complexity index is 180. The first-order valence-corrected chi connectivity index (χ1v) is 2.73. The summed E-state index contributed by atoms with van der Waals surface area (Å²) in [5.74, 6) is -1.52. The van der Waals surface area contributed by atoms with E-state index in [2.05, 4.69) is 4.74 Å². The quantitative estimate of drug-likeness (QED) is 0.316. The van der Waals surface area contributed by atoms with Crippen LogP contribution in [0, 0.1) is 11.3 Å². The lowest BCUT2D eigenvalue weighted by atomic mass is 10.4. The number of nitriles is 1. The van der Waals surface area contributed by atoms with E-state index in [0.29, 0.717) is 0 Å². The second-order valence-electron chi connectivity index (χ2n) is 1.60. The van der Waals surface area contributed by atoms with E-state index in [1.54, 1.807) is 6.07 Å². The van der Waals surface area contributed by atoms with Gasteiger partial charge >= 0.3 is 5.97 Å². The standard InChI is InChI=1S/C6H7NO3/c1-5(8)6(9)10-4-2-3-7/h2,4H2,1H3. The molecule has 0 aromatic rings. The van der Waals surface area contributed by atoms with Gasteiger partial charge in [-0.2, -0.15) is 5.26 Å². The van der Waals surface area contributed by atoms with E-state index in [4.69, 9.17) is 5.26 Å². The molecule has 10 heavy (non-hydrogen) atoms. The molecular formula is C6H7NO3. The van der Waals surface area contributed by atoms with Gasteiger partial charge in [-0.3, -0.25) is 4.79 Å². The van der Waals surface area contributed by atoms with Crippen LogP contribution in [-0.2, 0) is 14.3 Å². The zero-order valence-electron chi connectivity index (χ0n) is 5.59. The van der Waals surface area contributed by atoms with Gasteiger partial charge in [0.2, 0.25) is 5.78 Å². The van der Waals surface area contributed by atoms with Gasteiger partial charge in [-0.15, -0.1) is 0 Å². The van der Waals surface area contributed by atoms with E-state index in [1.807, 2.05) is 0 Å². The molecule has 0 saturated carbocycles. The minimum Gasteiger partial charge on any atom is -0.459 e. The number of carbonyl (C=O) groups excluding carboxylic acids is 2. The third-order valence-corrected chi connectivity index (χ3v) is 0.734. The van der Waals surface area contributed by atoms with Crippen molar-refractivity contribution in [3.63, 3.8) is 0 Å². The fourth-order valence-electron chi connectivity index (χ4n) is 0.291. The number of hydrogen-bond donors (Lipinski definition) is 0. The molecule has 4 heteroatoms. The van der Waals surface area contributed by atoms with E-state index in [0.717, 1.165) is 6.92 Å². The highest BCUT2D eigenvalue weighted by Crippen LogP contribution is 1.82. The minimum atomic E-state index is -0.879. The van der Waals surface area contributed by atoms with Crippen LogP contribution in [-0.4, -0.2) is 18.4 Å². The minimum absolute atomic E-state index is 0.00505. The van der Waals surface area contributed by atoms with Gasteiger partial charge in [0.1, 0.15) is 6.61 Å². The Morgan fingerprint density at radius 3 is 2.60 bits per heavy atom. The fraction of sp³-hybridized carbons (Fsp3) is 0.500. The Hall–Kier alpha value is -1.37. The molecule has 0 amide bonds. The van der Waals surface area contributed by atoms with Gasteiger partial charge in [0.05, 0.1) is 12.5 Å². The van der Waals surface area contributed by atoms with Gasteiger partial charge in [0, 0.05) is 6.92 Å². The average molecular weight is 141 g/mol. The van der Waals surface area contributed by atoms with Crippen LogP contribution in [0.3, 0.4) is 0 Å². The highest BCUT2D eigenvalue weighted by Gasteiger charge is 2.06. The van der Waals surface area contributed by atoms with Crippen molar-refractivity contribution in [2.45, 2.75) is 13.3 Å². The molecule has 0 aromatic carbocycles. The summed E-state index contributed by atoms with van der Waals surface area (Å²) in [6.45, 7) is 1.11. The number of hydrogen-bond acceptors (Lipinski definition) is 4. The first kappa shape index (κ1) is 8.63. The number of rotatable bonds is 3. The summed E-state index contributed by atoms with van der Waals surface area (Å²) in [7, 11) is 0. The molecule has 0 atom stereocenters. The maximum atomic E-state index is 10.3. The van der Waals surface area contributed by atoms with Crippen LogP contribution in [0.1, 0.15) is 13.3 Å². The molecule has 0 saturated heterocycles. The maximum Gasteiger partial charge on any atom is 0.374 e. The van der Waals surface area contributed by atoms with Crippen molar-refractivity contribution < 1.29 is 14.3 Å². The Morgan fingerprint density at radius 2 is 2.20 bits per heavy atom. The molecule has 4 nitrogen and oxygen atoms in total. The fourth-order valence-corrected chi connectivity index (χ4v) is 0.291. The van der Waals surface area contributed by atoms with Crippen molar-refractivity contribution in [1.82, 2.24) is 0 Å². The second-order valence-corrected chi connectivity index (χ2v) is 1.60. The largest absolute Gasteiger partial charge is 0.459 e. The zero-order valence-corrected chi connectivity index (χ0v) is 5.59. The van der Waals surface area contributed by atoms with Crippen LogP contribution >= 0.6 is 0 Å². The third-order valence-electron chi connectivity index (χ3n) is 0.734. The Morgan fingerprint density at radius 1 is 1.60 bits per heavy atom. The average Bonchev–Trinajstić information content (AvgIpc) is 1.88. The van der Waals surface area contributed by atoms with Gasteiger partial charge in [-0.1, -0.05) is 0 Å². The lowest BCUT2D eigenvalue weighted by Crippen LogP contribution is -2.13. The first-order valence-electron chi connectivity index (χ1n) is 2.73. The number of esters is 1. The van der Waals surface area contributed by atoms with Crippen molar-refractivity contribution in [1.29, 1.82) is 5.26 Å². The maximum absolute atomic E-state index is 10.3. The van der Waals surface area contributed by atoms with Crippen LogP contribution < -0.4 is 0 Å². The summed E-state index contributed by atoms with van der Waals surface area (Å²) in [5.41, 5.74) is 0. The summed E-state index contributed by atoms with van der Waals surface area (Å²) in [5, 5.41) is 7.99. The summed E-state index contributed by atoms with van der Waals surface area (Å²) < 4.78 is 4.33. The van der Waals surface area contributed by atoms with Crippen LogP contribution in [0.4, 0.5) is 0 Å². The monoisotopic (exact) mass is 141 g/mol. The van der Waals surface area contributed by atoms with Gasteiger partial charge in [0.25, 0.3) is 0 Å². The lowest BCUT2D eigenvalue weighted by Gasteiger charge is -1.95. The molecule has 0 fully saturated rings. The normalized spacial score (nSPS) is 8.00. The predicted octanol–water partition coefficient (Wildman–Crippen LogP) is 0.0323. The van der Waals surface area contributed by atoms with Crippen molar-refractivity contribution in [3.05, 3.63) is 0 Å². The van der Waals surface area contributed by atoms with Gasteiger partial charge < -0.3 is 4.74 Å². The number of carbonyl (C=O) groups is 2.